The van der Waals surface area contributed by atoms with E-state index in [1.807, 2.05) is 71.7 Å². The van der Waals surface area contributed by atoms with E-state index in [-0.39, 0.29) is 23.7 Å². The summed E-state index contributed by atoms with van der Waals surface area (Å²) in [7, 11) is 1.92. The minimum Gasteiger partial charge on any atom is -0.373 e. The molecule has 0 aromatic carbocycles. The minimum absolute atomic E-state index is 0.0796. The molecule has 1 N–H and O–H groups in total. The number of aryl methyl sites for hydroxylation is 1. The number of fused-ring (bicyclic) bond motifs is 1. The summed E-state index contributed by atoms with van der Waals surface area (Å²) in [5.41, 5.74) is 2.20. The van der Waals surface area contributed by atoms with Crippen molar-refractivity contribution in [1.82, 2.24) is 20.3 Å². The fourth-order valence-corrected chi connectivity index (χ4v) is 3.61. The molecule has 7 nitrogen and oxygen atoms in total. The largest absolute Gasteiger partial charge is 0.373 e. The quantitative estimate of drug-likeness (QED) is 0.762. The Morgan fingerprint density at radius 3 is 2.52 bits per heavy atom. The van der Waals surface area contributed by atoms with Gasteiger partial charge in [-0.15, -0.1) is 0 Å². The van der Waals surface area contributed by atoms with Crippen LogP contribution in [0.1, 0.15) is 59.2 Å². The Morgan fingerprint density at radius 1 is 1.16 bits per heavy atom. The van der Waals surface area contributed by atoms with Crippen molar-refractivity contribution in [3.63, 3.8) is 0 Å². The molecule has 0 saturated carbocycles. The van der Waals surface area contributed by atoms with Gasteiger partial charge in [0.15, 0.2) is 5.82 Å². The van der Waals surface area contributed by atoms with Crippen LogP contribution in [-0.4, -0.2) is 51.7 Å². The van der Waals surface area contributed by atoms with Crippen molar-refractivity contribution in [2.75, 3.05) is 18.6 Å². The molecule has 2 aromatic heterocycles. The van der Waals surface area contributed by atoms with Crippen LogP contribution in [0.25, 0.3) is 11.5 Å². The fourth-order valence-electron chi connectivity index (χ4n) is 3.61. The fraction of sp³-hybridized carbons (Fsp3) is 0.583. The van der Waals surface area contributed by atoms with E-state index in [9.17, 15) is 4.79 Å². The smallest absolute Gasteiger partial charge is 0.245 e. The summed E-state index contributed by atoms with van der Waals surface area (Å²) in [5, 5.41) is 3.10. The average Bonchev–Trinajstić information content (AvgIpc) is 3.14. The van der Waals surface area contributed by atoms with Gasteiger partial charge in [-0.3, -0.25) is 9.78 Å². The van der Waals surface area contributed by atoms with Crippen LogP contribution in [0.15, 0.2) is 24.4 Å². The SMILES string of the molecule is CN(c1nc(-c2ccccn2)nc2c1CCC2)[C@@H](COC(C)(C)C)C(=O)NC(C)(C)C. The second-order valence-electron chi connectivity index (χ2n) is 10.2. The van der Waals surface area contributed by atoms with Crippen molar-refractivity contribution >= 4 is 11.7 Å². The van der Waals surface area contributed by atoms with E-state index in [4.69, 9.17) is 14.7 Å². The Balaban J connectivity index is 2.00. The number of pyridine rings is 1. The zero-order chi connectivity index (χ0) is 22.8. The number of anilines is 1. The molecule has 2 heterocycles. The number of nitrogens with zero attached hydrogens (tertiary/aromatic N) is 4. The lowest BCUT2D eigenvalue weighted by atomic mass is 10.1. The molecule has 31 heavy (non-hydrogen) atoms. The molecular formula is C24H35N5O2. The van der Waals surface area contributed by atoms with E-state index in [2.05, 4.69) is 10.3 Å². The van der Waals surface area contributed by atoms with Gasteiger partial charge in [0.05, 0.1) is 12.2 Å². The Morgan fingerprint density at radius 2 is 1.90 bits per heavy atom. The third-order valence-corrected chi connectivity index (χ3v) is 5.08. The number of carbonyl (C=O) groups excluding carboxylic acids is 1. The first kappa shape index (κ1) is 23.1. The van der Waals surface area contributed by atoms with Gasteiger partial charge in [0.1, 0.15) is 17.6 Å². The molecule has 7 heteroatoms. The molecule has 168 valence electrons. The normalized spacial score (nSPS) is 14.8. The molecule has 1 amide bonds. The Bertz CT molecular complexity index is 916. The molecule has 0 radical (unpaired) electrons. The maximum absolute atomic E-state index is 13.3. The number of ether oxygens (including phenoxy) is 1. The van der Waals surface area contributed by atoms with Crippen molar-refractivity contribution in [3.8, 4) is 11.5 Å². The van der Waals surface area contributed by atoms with E-state index in [1.165, 1.54) is 0 Å². The molecule has 0 bridgehead atoms. The molecule has 0 fully saturated rings. The van der Waals surface area contributed by atoms with Gasteiger partial charge in [-0.25, -0.2) is 9.97 Å². The predicted octanol–water partition coefficient (Wildman–Crippen LogP) is 3.56. The highest BCUT2D eigenvalue weighted by Gasteiger charge is 2.32. The zero-order valence-corrected chi connectivity index (χ0v) is 19.8. The van der Waals surface area contributed by atoms with E-state index < -0.39 is 6.04 Å². The van der Waals surface area contributed by atoms with Crippen molar-refractivity contribution < 1.29 is 9.53 Å². The lowest BCUT2D eigenvalue weighted by molar-refractivity contribution is -0.126. The van der Waals surface area contributed by atoms with E-state index in [0.29, 0.717) is 5.82 Å². The van der Waals surface area contributed by atoms with E-state index in [0.717, 1.165) is 42.0 Å². The molecular weight excluding hydrogens is 390 g/mol. The van der Waals surface area contributed by atoms with Gasteiger partial charge in [0, 0.05) is 30.0 Å². The number of amides is 1. The number of aromatic nitrogens is 3. The third kappa shape index (κ3) is 6.00. The Kier molecular flexibility index (Phi) is 6.65. The summed E-state index contributed by atoms with van der Waals surface area (Å²) in [6.07, 6.45) is 4.60. The predicted molar refractivity (Wildman–Crippen MR) is 123 cm³/mol. The van der Waals surface area contributed by atoms with Gasteiger partial charge < -0.3 is 15.0 Å². The van der Waals surface area contributed by atoms with Crippen molar-refractivity contribution in [3.05, 3.63) is 35.7 Å². The second-order valence-corrected chi connectivity index (χ2v) is 10.2. The van der Waals surface area contributed by atoms with E-state index in [1.54, 1.807) is 6.20 Å². The number of nitrogens with one attached hydrogen (secondary N) is 1. The maximum atomic E-state index is 13.3. The lowest BCUT2D eigenvalue weighted by Gasteiger charge is -2.34. The topological polar surface area (TPSA) is 80.2 Å². The molecule has 1 aliphatic carbocycles. The molecule has 1 atom stereocenters. The molecule has 0 saturated heterocycles. The minimum atomic E-state index is -0.519. The van der Waals surface area contributed by atoms with Crippen LogP contribution >= 0.6 is 0 Å². The van der Waals surface area contributed by atoms with Gasteiger partial charge >= 0.3 is 0 Å². The summed E-state index contributed by atoms with van der Waals surface area (Å²) in [6, 6.07) is 5.20. The Labute approximate surface area is 185 Å². The van der Waals surface area contributed by atoms with Crippen molar-refractivity contribution in [2.24, 2.45) is 0 Å². The number of rotatable bonds is 6. The second kappa shape index (κ2) is 8.91. The summed E-state index contributed by atoms with van der Waals surface area (Å²) in [4.78, 5) is 29.3. The maximum Gasteiger partial charge on any atom is 0.245 e. The first-order valence-electron chi connectivity index (χ1n) is 10.9. The lowest BCUT2D eigenvalue weighted by Crippen LogP contribution is -2.54. The van der Waals surface area contributed by atoms with Crippen LogP contribution in [0.2, 0.25) is 0 Å². The summed E-state index contributed by atoms with van der Waals surface area (Å²) >= 11 is 0. The molecule has 1 aliphatic rings. The highest BCUT2D eigenvalue weighted by Crippen LogP contribution is 2.31. The third-order valence-electron chi connectivity index (χ3n) is 5.08. The van der Waals surface area contributed by atoms with Gasteiger partial charge in [-0.05, 0) is 72.9 Å². The van der Waals surface area contributed by atoms with Crippen LogP contribution in [0.5, 0.6) is 0 Å². The van der Waals surface area contributed by atoms with Crippen molar-refractivity contribution in [1.29, 1.82) is 0 Å². The van der Waals surface area contributed by atoms with E-state index >= 15 is 0 Å². The number of carbonyl (C=O) groups is 1. The average molecular weight is 426 g/mol. The van der Waals surface area contributed by atoms with Gasteiger partial charge in [-0.2, -0.15) is 0 Å². The summed E-state index contributed by atoms with van der Waals surface area (Å²) < 4.78 is 6.05. The number of hydrogen-bond acceptors (Lipinski definition) is 6. The number of hydrogen-bond donors (Lipinski definition) is 1. The highest BCUT2D eigenvalue weighted by atomic mass is 16.5. The first-order chi connectivity index (χ1) is 14.4. The first-order valence-corrected chi connectivity index (χ1v) is 10.9. The summed E-state index contributed by atoms with van der Waals surface area (Å²) in [6.45, 7) is 12.2. The van der Waals surface area contributed by atoms with Gasteiger partial charge in [-0.1, -0.05) is 6.07 Å². The monoisotopic (exact) mass is 425 g/mol. The molecule has 0 aliphatic heterocycles. The van der Waals surface area contributed by atoms with Gasteiger partial charge in [0.25, 0.3) is 0 Å². The van der Waals surface area contributed by atoms with Crippen molar-refractivity contribution in [2.45, 2.75) is 78.0 Å². The Hall–Kier alpha value is -2.54. The standard InChI is InChI=1S/C24H35N5O2/c1-23(2,3)28-22(30)19(15-31-24(4,5)6)29(7)21-16-11-10-13-17(16)26-20(27-21)18-12-8-9-14-25-18/h8-9,12,14,19H,10-11,13,15H2,1-7H3,(H,28,30)/t19-/m0/s1. The van der Waals surface area contributed by atoms with Crippen LogP contribution in [0.3, 0.4) is 0 Å². The van der Waals surface area contributed by atoms with Crippen LogP contribution < -0.4 is 10.2 Å². The molecule has 0 unspecified atom stereocenters. The van der Waals surface area contributed by atoms with Gasteiger partial charge in [0.2, 0.25) is 5.91 Å². The number of likely N-dealkylation sites (N-methyl/N-ethyl adjacent to an activating group) is 1. The van der Waals surface area contributed by atoms with Crippen LogP contribution in [-0.2, 0) is 22.4 Å². The zero-order valence-electron chi connectivity index (χ0n) is 19.8. The molecule has 3 rings (SSSR count). The highest BCUT2D eigenvalue weighted by molar-refractivity contribution is 5.86. The summed E-state index contributed by atoms with van der Waals surface area (Å²) in [5.74, 6) is 1.30. The van der Waals surface area contributed by atoms with Crippen LogP contribution in [0.4, 0.5) is 5.82 Å². The molecule has 2 aromatic rings. The molecule has 0 spiro atoms. The van der Waals surface area contributed by atoms with Crippen LogP contribution in [0, 0.1) is 0 Å².